The topological polar surface area (TPSA) is 51.0 Å². The van der Waals surface area contributed by atoms with Crippen LogP contribution in [0.2, 0.25) is 0 Å². The molecule has 0 N–H and O–H groups in total. The van der Waals surface area contributed by atoms with Gasteiger partial charge in [0.2, 0.25) is 5.91 Å². The molecule has 2 unspecified atom stereocenters. The smallest absolute Gasteiger partial charge is 0.226 e. The number of fused-ring (bicyclic) bond motifs is 2. The quantitative estimate of drug-likeness (QED) is 0.830. The maximum atomic E-state index is 12.7. The van der Waals surface area contributed by atoms with E-state index in [2.05, 4.69) is 15.1 Å². The van der Waals surface area contributed by atoms with Gasteiger partial charge in [-0.25, -0.2) is 0 Å². The Balaban J connectivity index is 1.50. The van der Waals surface area contributed by atoms with Crippen LogP contribution in [0.1, 0.15) is 57.4 Å². The Bertz CT molecular complexity index is 466. The first kappa shape index (κ1) is 12.4. The van der Waals surface area contributed by atoms with Crippen LogP contribution in [0.5, 0.6) is 0 Å². The first-order valence-electron chi connectivity index (χ1n) is 8.01. The molecule has 3 heterocycles. The van der Waals surface area contributed by atoms with E-state index in [0.29, 0.717) is 30.0 Å². The lowest BCUT2D eigenvalue weighted by molar-refractivity contribution is -0.140. The van der Waals surface area contributed by atoms with Gasteiger partial charge in [-0.1, -0.05) is 12.8 Å². The number of nitrogens with zero attached hydrogens (tertiary/aromatic N) is 4. The van der Waals surface area contributed by atoms with Gasteiger partial charge in [0, 0.05) is 18.0 Å². The molecule has 1 aliphatic carbocycles. The van der Waals surface area contributed by atoms with E-state index in [0.717, 1.165) is 25.7 Å². The van der Waals surface area contributed by atoms with Crippen LogP contribution in [0, 0.1) is 5.92 Å². The standard InChI is InChI=1S/C15H22N4O/c20-15(11-3-1-2-4-11)18-12-5-6-13(18)10-14(9-12)19-16-7-8-17-19/h7-8,11-14H,1-6,9-10H2. The molecule has 3 aliphatic rings. The second kappa shape index (κ2) is 4.86. The summed E-state index contributed by atoms with van der Waals surface area (Å²) in [7, 11) is 0. The lowest BCUT2D eigenvalue weighted by Gasteiger charge is -2.39. The summed E-state index contributed by atoms with van der Waals surface area (Å²) >= 11 is 0. The largest absolute Gasteiger partial charge is 0.336 e. The third-order valence-corrected chi connectivity index (χ3v) is 5.43. The van der Waals surface area contributed by atoms with Crippen LogP contribution >= 0.6 is 0 Å². The van der Waals surface area contributed by atoms with E-state index in [1.54, 1.807) is 12.4 Å². The second-order valence-electron chi connectivity index (χ2n) is 6.59. The molecule has 20 heavy (non-hydrogen) atoms. The highest BCUT2D eigenvalue weighted by Crippen LogP contribution is 2.42. The number of hydrogen-bond donors (Lipinski definition) is 0. The van der Waals surface area contributed by atoms with Gasteiger partial charge in [0.1, 0.15) is 0 Å². The molecule has 2 atom stereocenters. The summed E-state index contributed by atoms with van der Waals surface area (Å²) in [6.45, 7) is 0. The third kappa shape index (κ3) is 1.95. The van der Waals surface area contributed by atoms with E-state index in [1.165, 1.54) is 25.7 Å². The summed E-state index contributed by atoms with van der Waals surface area (Å²) in [4.78, 5) is 16.8. The highest BCUT2D eigenvalue weighted by atomic mass is 16.2. The minimum Gasteiger partial charge on any atom is -0.336 e. The summed E-state index contributed by atoms with van der Waals surface area (Å²) in [5, 5.41) is 8.57. The average Bonchev–Trinajstić information content (AvgIpc) is 3.18. The lowest BCUT2D eigenvalue weighted by Crippen LogP contribution is -2.49. The molecule has 1 aromatic rings. The Morgan fingerprint density at radius 3 is 2.10 bits per heavy atom. The number of rotatable bonds is 2. The molecule has 5 heteroatoms. The summed E-state index contributed by atoms with van der Waals surface area (Å²) in [6.07, 6.45) is 12.6. The monoisotopic (exact) mass is 274 g/mol. The number of carbonyl (C=O) groups is 1. The fourth-order valence-corrected chi connectivity index (χ4v) is 4.49. The summed E-state index contributed by atoms with van der Waals surface area (Å²) in [5.41, 5.74) is 0. The first-order valence-corrected chi connectivity index (χ1v) is 8.01. The predicted molar refractivity (Wildman–Crippen MR) is 73.9 cm³/mol. The SMILES string of the molecule is O=C(C1CCCC1)N1C2CCC1CC(n1nccn1)C2. The zero-order chi connectivity index (χ0) is 13.5. The van der Waals surface area contributed by atoms with E-state index in [1.807, 2.05) is 4.80 Å². The molecule has 108 valence electrons. The van der Waals surface area contributed by atoms with Crippen molar-refractivity contribution in [2.24, 2.45) is 5.92 Å². The molecule has 0 spiro atoms. The molecule has 5 nitrogen and oxygen atoms in total. The van der Waals surface area contributed by atoms with Gasteiger partial charge in [0.25, 0.3) is 0 Å². The van der Waals surface area contributed by atoms with Crippen molar-refractivity contribution in [2.45, 2.75) is 69.5 Å². The molecule has 3 fully saturated rings. The van der Waals surface area contributed by atoms with Crippen molar-refractivity contribution >= 4 is 5.91 Å². The van der Waals surface area contributed by atoms with Crippen LogP contribution in [0.3, 0.4) is 0 Å². The molecule has 2 aliphatic heterocycles. The number of hydrogen-bond acceptors (Lipinski definition) is 3. The number of aromatic nitrogens is 3. The summed E-state index contributed by atoms with van der Waals surface area (Å²) in [5.74, 6) is 0.763. The minimum absolute atomic E-state index is 0.317. The maximum Gasteiger partial charge on any atom is 0.226 e. The normalized spacial score (nSPS) is 33.8. The van der Waals surface area contributed by atoms with Gasteiger partial charge >= 0.3 is 0 Å². The Hall–Kier alpha value is -1.39. The fourth-order valence-electron chi connectivity index (χ4n) is 4.49. The van der Waals surface area contributed by atoms with Crippen molar-refractivity contribution in [3.8, 4) is 0 Å². The number of carbonyl (C=O) groups excluding carboxylic acids is 1. The highest BCUT2D eigenvalue weighted by molar-refractivity contribution is 5.80. The Morgan fingerprint density at radius 1 is 0.900 bits per heavy atom. The van der Waals surface area contributed by atoms with Gasteiger partial charge in [-0.2, -0.15) is 15.0 Å². The minimum atomic E-state index is 0.317. The molecular weight excluding hydrogens is 252 g/mol. The van der Waals surface area contributed by atoms with Gasteiger partial charge in [-0.3, -0.25) is 4.79 Å². The van der Waals surface area contributed by atoms with Crippen molar-refractivity contribution in [1.29, 1.82) is 0 Å². The average molecular weight is 274 g/mol. The molecule has 2 bridgehead atoms. The molecule has 1 aromatic heterocycles. The van der Waals surface area contributed by atoms with Crippen LogP contribution < -0.4 is 0 Å². The molecular formula is C15H22N4O. The zero-order valence-corrected chi connectivity index (χ0v) is 11.8. The van der Waals surface area contributed by atoms with Crippen LogP contribution in [0.15, 0.2) is 12.4 Å². The number of piperidine rings is 1. The molecule has 1 saturated carbocycles. The van der Waals surface area contributed by atoms with Crippen molar-refractivity contribution in [3.63, 3.8) is 0 Å². The Kier molecular flexibility index (Phi) is 3.00. The van der Waals surface area contributed by atoms with E-state index >= 15 is 0 Å². The molecule has 0 aromatic carbocycles. The first-order chi connectivity index (χ1) is 9.83. The van der Waals surface area contributed by atoms with Gasteiger partial charge < -0.3 is 4.90 Å². The number of amides is 1. The van der Waals surface area contributed by atoms with Gasteiger partial charge in [0.15, 0.2) is 0 Å². The third-order valence-electron chi connectivity index (χ3n) is 5.43. The molecule has 1 amide bonds. The molecule has 4 rings (SSSR count). The predicted octanol–water partition coefficient (Wildman–Crippen LogP) is 2.16. The summed E-state index contributed by atoms with van der Waals surface area (Å²) < 4.78 is 0. The Morgan fingerprint density at radius 2 is 1.50 bits per heavy atom. The fraction of sp³-hybridized carbons (Fsp3) is 0.800. The summed E-state index contributed by atoms with van der Waals surface area (Å²) in [6, 6.07) is 1.24. The van der Waals surface area contributed by atoms with Gasteiger partial charge in [-0.15, -0.1) is 0 Å². The van der Waals surface area contributed by atoms with Crippen molar-refractivity contribution in [3.05, 3.63) is 12.4 Å². The van der Waals surface area contributed by atoms with E-state index < -0.39 is 0 Å². The van der Waals surface area contributed by atoms with Gasteiger partial charge in [0.05, 0.1) is 18.4 Å². The molecule has 0 radical (unpaired) electrons. The van der Waals surface area contributed by atoms with E-state index in [9.17, 15) is 4.79 Å². The Labute approximate surface area is 119 Å². The lowest BCUT2D eigenvalue weighted by atomic mass is 9.95. The highest BCUT2D eigenvalue weighted by Gasteiger charge is 2.45. The zero-order valence-electron chi connectivity index (χ0n) is 11.8. The van der Waals surface area contributed by atoms with Crippen LogP contribution in [-0.2, 0) is 4.79 Å². The molecule has 2 saturated heterocycles. The van der Waals surface area contributed by atoms with Crippen LogP contribution in [0.4, 0.5) is 0 Å². The van der Waals surface area contributed by atoms with Crippen LogP contribution in [0.25, 0.3) is 0 Å². The van der Waals surface area contributed by atoms with E-state index in [4.69, 9.17) is 0 Å². The van der Waals surface area contributed by atoms with E-state index in [-0.39, 0.29) is 0 Å². The second-order valence-corrected chi connectivity index (χ2v) is 6.59. The van der Waals surface area contributed by atoms with Gasteiger partial charge in [-0.05, 0) is 38.5 Å². The van der Waals surface area contributed by atoms with Crippen LogP contribution in [-0.4, -0.2) is 37.9 Å². The van der Waals surface area contributed by atoms with Crippen molar-refractivity contribution in [2.75, 3.05) is 0 Å². The van der Waals surface area contributed by atoms with Crippen molar-refractivity contribution in [1.82, 2.24) is 19.9 Å². The van der Waals surface area contributed by atoms with Crippen molar-refractivity contribution < 1.29 is 4.79 Å². The maximum absolute atomic E-state index is 12.7.